The highest BCUT2D eigenvalue weighted by Gasteiger charge is 2.19. The zero-order valence-corrected chi connectivity index (χ0v) is 52.3. The molecule has 6 heteroatoms. The summed E-state index contributed by atoms with van der Waals surface area (Å²) in [5, 5.41) is 0. The van der Waals surface area contributed by atoms with E-state index in [0.717, 1.165) is 70.6 Å². The van der Waals surface area contributed by atoms with Crippen molar-refractivity contribution in [3.05, 3.63) is 24.3 Å². The summed E-state index contributed by atoms with van der Waals surface area (Å²) in [5.41, 5.74) is 0. The zero-order chi connectivity index (χ0) is 55.7. The first-order valence-electron chi connectivity index (χ1n) is 34.8. The Morgan fingerprint density at radius 1 is 0.247 bits per heavy atom. The van der Waals surface area contributed by atoms with Crippen molar-refractivity contribution >= 4 is 17.9 Å². The second-order valence-electron chi connectivity index (χ2n) is 23.8. The minimum absolute atomic E-state index is 0.0725. The van der Waals surface area contributed by atoms with Gasteiger partial charge in [0.05, 0.1) is 0 Å². The molecule has 0 aliphatic heterocycles. The summed E-state index contributed by atoms with van der Waals surface area (Å²) < 4.78 is 16.9. The molecule has 0 aromatic rings. The monoisotopic (exact) mass is 1080 g/mol. The van der Waals surface area contributed by atoms with Crippen LogP contribution in [0.4, 0.5) is 0 Å². The van der Waals surface area contributed by atoms with Crippen molar-refractivity contribution in [3.8, 4) is 0 Å². The number of unbranched alkanes of at least 4 members (excludes halogenated alkanes) is 50. The molecule has 1 atom stereocenters. The van der Waals surface area contributed by atoms with E-state index >= 15 is 0 Å². The molecule has 0 aromatic carbocycles. The Balaban J connectivity index is 4.07. The molecule has 0 rings (SSSR count). The van der Waals surface area contributed by atoms with Crippen molar-refractivity contribution in [2.45, 2.75) is 399 Å². The van der Waals surface area contributed by atoms with Crippen molar-refractivity contribution < 1.29 is 28.6 Å². The molecular formula is C71H134O6. The lowest BCUT2D eigenvalue weighted by atomic mass is 10.0. The molecule has 0 saturated carbocycles. The van der Waals surface area contributed by atoms with Gasteiger partial charge in [-0.15, -0.1) is 0 Å². The van der Waals surface area contributed by atoms with Gasteiger partial charge in [0.15, 0.2) is 6.10 Å². The molecule has 0 aliphatic rings. The number of carbonyl (C=O) groups is 3. The van der Waals surface area contributed by atoms with Crippen LogP contribution in [0.2, 0.25) is 0 Å². The Morgan fingerprint density at radius 2 is 0.429 bits per heavy atom. The molecule has 0 spiro atoms. The number of hydrogen-bond acceptors (Lipinski definition) is 6. The summed E-state index contributed by atoms with van der Waals surface area (Å²) in [7, 11) is 0. The smallest absolute Gasteiger partial charge is 0.306 e. The Bertz CT molecular complexity index is 1240. The van der Waals surface area contributed by atoms with E-state index in [1.165, 1.54) is 283 Å². The molecule has 0 heterocycles. The number of carbonyl (C=O) groups excluding carboxylic acids is 3. The highest BCUT2D eigenvalue weighted by atomic mass is 16.6. The van der Waals surface area contributed by atoms with Gasteiger partial charge in [0.1, 0.15) is 13.2 Å². The fraction of sp³-hybridized carbons (Fsp3) is 0.901. The minimum atomic E-state index is -0.776. The highest BCUT2D eigenvalue weighted by Crippen LogP contribution is 2.19. The molecule has 454 valence electrons. The Morgan fingerprint density at radius 3 is 0.662 bits per heavy atom. The largest absolute Gasteiger partial charge is 0.462 e. The fourth-order valence-corrected chi connectivity index (χ4v) is 10.7. The molecular weight excluding hydrogens is 949 g/mol. The average molecular weight is 1080 g/mol. The molecule has 1 unspecified atom stereocenters. The van der Waals surface area contributed by atoms with E-state index < -0.39 is 6.10 Å². The molecule has 0 N–H and O–H groups in total. The minimum Gasteiger partial charge on any atom is -0.462 e. The van der Waals surface area contributed by atoms with Gasteiger partial charge in [-0.1, -0.05) is 328 Å². The zero-order valence-electron chi connectivity index (χ0n) is 52.3. The number of esters is 3. The highest BCUT2D eigenvalue weighted by molar-refractivity contribution is 5.71. The maximum atomic E-state index is 12.9. The standard InChI is InChI=1S/C71H134O6/c1-4-7-10-13-16-19-22-25-27-28-29-30-31-32-33-34-35-36-37-38-39-40-41-42-43-44-47-49-52-55-58-61-64-70(73)76-67-68(66-75-69(72)63-60-57-54-51-48-45-24-21-18-15-12-9-6-3)77-71(74)65-62-59-56-53-50-46-26-23-20-17-14-11-8-5-2/h21,23-24,26,68H,4-20,22,25,27-67H2,1-3H3/b24-21-,26-23-. The number of allylic oxidation sites excluding steroid dienone is 4. The van der Waals surface area contributed by atoms with E-state index in [4.69, 9.17) is 14.2 Å². The van der Waals surface area contributed by atoms with Crippen LogP contribution >= 0.6 is 0 Å². The topological polar surface area (TPSA) is 78.9 Å². The molecule has 0 aliphatic carbocycles. The van der Waals surface area contributed by atoms with E-state index in [1.807, 2.05) is 0 Å². The van der Waals surface area contributed by atoms with Crippen LogP contribution in [0.1, 0.15) is 393 Å². The molecule has 0 amide bonds. The predicted octanol–water partition coefficient (Wildman–Crippen LogP) is 23.8. The molecule has 0 saturated heterocycles. The van der Waals surface area contributed by atoms with Crippen LogP contribution in [0.15, 0.2) is 24.3 Å². The summed E-state index contributed by atoms with van der Waals surface area (Å²) in [6.45, 7) is 6.67. The van der Waals surface area contributed by atoms with Crippen LogP contribution < -0.4 is 0 Å². The first-order chi connectivity index (χ1) is 38.0. The Hall–Kier alpha value is -2.11. The normalized spacial score (nSPS) is 12.1. The van der Waals surface area contributed by atoms with Crippen molar-refractivity contribution in [1.82, 2.24) is 0 Å². The van der Waals surface area contributed by atoms with Crippen LogP contribution in [-0.2, 0) is 28.6 Å². The van der Waals surface area contributed by atoms with Crippen LogP contribution in [0.3, 0.4) is 0 Å². The van der Waals surface area contributed by atoms with Gasteiger partial charge in [-0.25, -0.2) is 0 Å². The van der Waals surface area contributed by atoms with Crippen molar-refractivity contribution in [3.63, 3.8) is 0 Å². The first-order valence-corrected chi connectivity index (χ1v) is 34.8. The second-order valence-corrected chi connectivity index (χ2v) is 23.8. The maximum Gasteiger partial charge on any atom is 0.306 e. The van der Waals surface area contributed by atoms with E-state index in [-0.39, 0.29) is 31.1 Å². The van der Waals surface area contributed by atoms with Crippen LogP contribution in [-0.4, -0.2) is 37.2 Å². The van der Waals surface area contributed by atoms with Crippen molar-refractivity contribution in [2.75, 3.05) is 13.2 Å². The van der Waals surface area contributed by atoms with Gasteiger partial charge in [0.2, 0.25) is 0 Å². The lowest BCUT2D eigenvalue weighted by Gasteiger charge is -2.18. The Labute approximate surface area is 481 Å². The summed E-state index contributed by atoms with van der Waals surface area (Å²) in [6, 6.07) is 0. The lowest BCUT2D eigenvalue weighted by Crippen LogP contribution is -2.30. The fourth-order valence-electron chi connectivity index (χ4n) is 10.7. The van der Waals surface area contributed by atoms with Gasteiger partial charge in [0, 0.05) is 19.3 Å². The van der Waals surface area contributed by atoms with E-state index in [2.05, 4.69) is 45.1 Å². The predicted molar refractivity (Wildman–Crippen MR) is 335 cm³/mol. The van der Waals surface area contributed by atoms with Gasteiger partial charge in [-0.2, -0.15) is 0 Å². The lowest BCUT2D eigenvalue weighted by molar-refractivity contribution is -0.167. The molecule has 0 bridgehead atoms. The van der Waals surface area contributed by atoms with E-state index in [0.29, 0.717) is 19.3 Å². The Kier molecular flexibility index (Phi) is 64.6. The van der Waals surface area contributed by atoms with E-state index in [9.17, 15) is 14.4 Å². The van der Waals surface area contributed by atoms with Crippen LogP contribution in [0, 0.1) is 0 Å². The summed E-state index contributed by atoms with van der Waals surface area (Å²) >= 11 is 0. The van der Waals surface area contributed by atoms with Gasteiger partial charge >= 0.3 is 17.9 Å². The van der Waals surface area contributed by atoms with Gasteiger partial charge in [-0.3, -0.25) is 14.4 Å². The third-order valence-electron chi connectivity index (χ3n) is 15.9. The quantitative estimate of drug-likeness (QED) is 0.0261. The van der Waals surface area contributed by atoms with Crippen molar-refractivity contribution in [1.29, 1.82) is 0 Å². The molecule has 0 fully saturated rings. The van der Waals surface area contributed by atoms with Crippen molar-refractivity contribution in [2.24, 2.45) is 0 Å². The first kappa shape index (κ1) is 74.9. The number of rotatable bonds is 65. The average Bonchev–Trinajstić information content (AvgIpc) is 3.43. The third-order valence-corrected chi connectivity index (χ3v) is 15.9. The number of ether oxygens (including phenoxy) is 3. The van der Waals surface area contributed by atoms with Gasteiger partial charge in [-0.05, 0) is 70.6 Å². The number of hydrogen-bond donors (Lipinski definition) is 0. The molecule has 0 aromatic heterocycles. The summed E-state index contributed by atoms with van der Waals surface area (Å²) in [5.74, 6) is -0.865. The SMILES string of the molecule is CCCCCC/C=C\CCCCCCCC(=O)OCC(COC(=O)CCCCCCCCCCCCCCCCCCCCCCCCCCCCCCCCCC)OC(=O)CCCCCCC/C=C\CCCCCCC. The van der Waals surface area contributed by atoms with Gasteiger partial charge < -0.3 is 14.2 Å². The summed E-state index contributed by atoms with van der Waals surface area (Å²) in [4.78, 5) is 38.3. The molecule has 6 nitrogen and oxygen atoms in total. The van der Waals surface area contributed by atoms with E-state index in [1.54, 1.807) is 0 Å². The maximum absolute atomic E-state index is 12.9. The second kappa shape index (κ2) is 66.4. The van der Waals surface area contributed by atoms with Gasteiger partial charge in [0.25, 0.3) is 0 Å². The van der Waals surface area contributed by atoms with Crippen LogP contribution in [0.25, 0.3) is 0 Å². The summed E-state index contributed by atoms with van der Waals surface area (Å²) in [6.07, 6.45) is 80.8. The molecule has 0 radical (unpaired) electrons. The van der Waals surface area contributed by atoms with Crippen LogP contribution in [0.5, 0.6) is 0 Å². The molecule has 77 heavy (non-hydrogen) atoms. The third kappa shape index (κ3) is 64.6.